The van der Waals surface area contributed by atoms with Crippen LogP contribution in [-0.4, -0.2) is 52.0 Å². The minimum atomic E-state index is -0.760. The van der Waals surface area contributed by atoms with Crippen LogP contribution in [0.1, 0.15) is 24.2 Å². The van der Waals surface area contributed by atoms with E-state index in [1.807, 2.05) is 24.3 Å². The van der Waals surface area contributed by atoms with Gasteiger partial charge >= 0.3 is 0 Å². The lowest BCUT2D eigenvalue weighted by molar-refractivity contribution is -0.131. The lowest BCUT2D eigenvalue weighted by atomic mass is 9.76. The van der Waals surface area contributed by atoms with E-state index in [2.05, 4.69) is 21.6 Å². The van der Waals surface area contributed by atoms with Crippen LogP contribution in [0, 0.1) is 12.8 Å². The highest BCUT2D eigenvalue weighted by atomic mass is 16.5. The van der Waals surface area contributed by atoms with E-state index < -0.39 is 5.60 Å². The monoisotopic (exact) mass is 355 g/mol. The standard InChI is InChI=1S/C20H25N3O3/c1-3-4-15-11-16(19-21-14(2)22-26-19)5-6-18(15)25-13-20(24)12-23-9-7-17(20)8-10-23/h3,5-6,11,17,24H,1,4,7-10,12-13H2,2H3. The minimum Gasteiger partial charge on any atom is -0.490 e. The average molecular weight is 355 g/mol. The maximum Gasteiger partial charge on any atom is 0.257 e. The molecular weight excluding hydrogens is 330 g/mol. The molecule has 2 bridgehead atoms. The fourth-order valence-electron chi connectivity index (χ4n) is 4.09. The summed E-state index contributed by atoms with van der Waals surface area (Å²) in [5.74, 6) is 2.20. The highest BCUT2D eigenvalue weighted by Gasteiger charge is 2.46. The van der Waals surface area contributed by atoms with Gasteiger partial charge in [-0.25, -0.2) is 0 Å². The molecule has 26 heavy (non-hydrogen) atoms. The van der Waals surface area contributed by atoms with E-state index in [0.717, 1.165) is 42.8 Å². The molecule has 3 saturated heterocycles. The van der Waals surface area contributed by atoms with Gasteiger partial charge in [0.2, 0.25) is 0 Å². The van der Waals surface area contributed by atoms with Crippen LogP contribution in [0.5, 0.6) is 5.75 Å². The van der Waals surface area contributed by atoms with Crippen LogP contribution in [0.4, 0.5) is 0 Å². The van der Waals surface area contributed by atoms with Crippen molar-refractivity contribution in [3.05, 3.63) is 42.2 Å². The smallest absolute Gasteiger partial charge is 0.257 e. The van der Waals surface area contributed by atoms with Crippen molar-refractivity contribution in [2.24, 2.45) is 5.92 Å². The van der Waals surface area contributed by atoms with Gasteiger partial charge < -0.3 is 19.3 Å². The maximum atomic E-state index is 11.1. The van der Waals surface area contributed by atoms with Gasteiger partial charge in [0.1, 0.15) is 18.0 Å². The second-order valence-electron chi connectivity index (χ2n) is 7.40. The zero-order valence-electron chi connectivity index (χ0n) is 15.1. The maximum absolute atomic E-state index is 11.1. The molecule has 0 spiro atoms. The molecule has 138 valence electrons. The highest BCUT2D eigenvalue weighted by molar-refractivity contribution is 5.57. The van der Waals surface area contributed by atoms with Gasteiger partial charge in [-0.3, -0.25) is 0 Å². The molecule has 3 aliphatic rings. The zero-order chi connectivity index (χ0) is 18.1. The Balaban J connectivity index is 1.53. The van der Waals surface area contributed by atoms with E-state index in [0.29, 0.717) is 37.2 Å². The summed E-state index contributed by atoms with van der Waals surface area (Å²) in [6, 6.07) is 5.82. The Morgan fingerprint density at radius 1 is 1.42 bits per heavy atom. The highest BCUT2D eigenvalue weighted by Crippen LogP contribution is 2.36. The second kappa shape index (κ2) is 6.85. The van der Waals surface area contributed by atoms with Gasteiger partial charge in [0, 0.05) is 12.1 Å². The van der Waals surface area contributed by atoms with Crippen molar-refractivity contribution in [3.63, 3.8) is 0 Å². The quantitative estimate of drug-likeness (QED) is 0.803. The summed E-state index contributed by atoms with van der Waals surface area (Å²) in [7, 11) is 0. The van der Waals surface area contributed by atoms with Crippen molar-refractivity contribution in [3.8, 4) is 17.2 Å². The van der Waals surface area contributed by atoms with E-state index in [4.69, 9.17) is 9.26 Å². The van der Waals surface area contributed by atoms with Gasteiger partial charge in [-0.05, 0) is 69.0 Å². The topological polar surface area (TPSA) is 71.6 Å². The molecule has 4 heterocycles. The van der Waals surface area contributed by atoms with Crippen molar-refractivity contribution in [2.45, 2.75) is 31.8 Å². The van der Waals surface area contributed by atoms with E-state index in [9.17, 15) is 5.11 Å². The molecule has 2 aromatic rings. The van der Waals surface area contributed by atoms with E-state index >= 15 is 0 Å². The summed E-state index contributed by atoms with van der Waals surface area (Å²) >= 11 is 0. The summed E-state index contributed by atoms with van der Waals surface area (Å²) in [5, 5.41) is 14.9. The molecule has 1 unspecified atom stereocenters. The van der Waals surface area contributed by atoms with Gasteiger partial charge in [-0.1, -0.05) is 11.2 Å². The number of hydrogen-bond donors (Lipinski definition) is 1. The fraction of sp³-hybridized carbons (Fsp3) is 0.500. The molecule has 6 heteroatoms. The van der Waals surface area contributed by atoms with Crippen LogP contribution < -0.4 is 4.74 Å². The number of piperidine rings is 3. The van der Waals surface area contributed by atoms with E-state index in [-0.39, 0.29) is 0 Å². The second-order valence-corrected chi connectivity index (χ2v) is 7.40. The Labute approximate surface area is 153 Å². The van der Waals surface area contributed by atoms with Gasteiger partial charge in [-0.15, -0.1) is 6.58 Å². The van der Waals surface area contributed by atoms with Crippen molar-refractivity contribution in [2.75, 3.05) is 26.2 Å². The lowest BCUT2D eigenvalue weighted by Crippen LogP contribution is -2.61. The fourth-order valence-corrected chi connectivity index (χ4v) is 4.09. The summed E-state index contributed by atoms with van der Waals surface area (Å²) in [5.41, 5.74) is 1.10. The molecule has 0 amide bonds. The van der Waals surface area contributed by atoms with Crippen molar-refractivity contribution < 1.29 is 14.4 Å². The minimum absolute atomic E-state index is 0.317. The van der Waals surface area contributed by atoms with Crippen molar-refractivity contribution in [1.29, 1.82) is 0 Å². The van der Waals surface area contributed by atoms with E-state index in [1.54, 1.807) is 6.92 Å². The number of aryl methyl sites for hydroxylation is 1. The molecule has 1 N–H and O–H groups in total. The summed E-state index contributed by atoms with van der Waals surface area (Å²) in [6.07, 6.45) is 4.61. The molecule has 3 aliphatic heterocycles. The first-order valence-electron chi connectivity index (χ1n) is 9.19. The van der Waals surface area contributed by atoms with Crippen molar-refractivity contribution >= 4 is 0 Å². The van der Waals surface area contributed by atoms with Crippen LogP contribution in [-0.2, 0) is 6.42 Å². The largest absolute Gasteiger partial charge is 0.490 e. The van der Waals surface area contributed by atoms with Gasteiger partial charge in [0.15, 0.2) is 5.82 Å². The predicted octanol–water partition coefficient (Wildman–Crippen LogP) is 2.61. The first-order valence-corrected chi connectivity index (χ1v) is 9.19. The molecule has 1 atom stereocenters. The van der Waals surface area contributed by atoms with Crippen LogP contribution in [0.2, 0.25) is 0 Å². The number of aromatic nitrogens is 2. The number of ether oxygens (including phenoxy) is 1. The van der Waals surface area contributed by atoms with Crippen molar-refractivity contribution in [1.82, 2.24) is 15.0 Å². The number of fused-ring (bicyclic) bond motifs is 3. The normalized spacial score (nSPS) is 27.5. The Hall–Kier alpha value is -2.18. The summed E-state index contributed by atoms with van der Waals surface area (Å²) < 4.78 is 11.3. The first kappa shape index (κ1) is 17.2. The molecular formula is C20H25N3O3. The summed E-state index contributed by atoms with van der Waals surface area (Å²) in [6.45, 7) is 8.83. The van der Waals surface area contributed by atoms with Gasteiger partial charge in [0.25, 0.3) is 5.89 Å². The number of hydrogen-bond acceptors (Lipinski definition) is 6. The lowest BCUT2D eigenvalue weighted by Gasteiger charge is -2.50. The molecule has 1 aromatic carbocycles. The van der Waals surface area contributed by atoms with Gasteiger partial charge in [0.05, 0.1) is 0 Å². The Morgan fingerprint density at radius 2 is 2.23 bits per heavy atom. The third kappa shape index (κ3) is 3.27. The molecule has 0 aliphatic carbocycles. The molecule has 1 aromatic heterocycles. The number of allylic oxidation sites excluding steroid dienone is 1. The zero-order valence-corrected chi connectivity index (χ0v) is 15.1. The molecule has 6 nitrogen and oxygen atoms in total. The number of benzene rings is 1. The first-order chi connectivity index (χ1) is 12.6. The molecule has 5 rings (SSSR count). The predicted molar refractivity (Wildman–Crippen MR) is 98.0 cm³/mol. The van der Waals surface area contributed by atoms with Crippen LogP contribution in [0.15, 0.2) is 35.4 Å². The van der Waals surface area contributed by atoms with Crippen LogP contribution >= 0.6 is 0 Å². The Bertz CT molecular complexity index is 795. The average Bonchev–Trinajstić information content (AvgIpc) is 3.08. The third-order valence-electron chi connectivity index (χ3n) is 5.52. The Kier molecular flexibility index (Phi) is 4.54. The SMILES string of the molecule is C=CCc1cc(-c2nc(C)no2)ccc1OCC1(O)CN2CCC1CC2. The number of aliphatic hydroxyl groups is 1. The van der Waals surface area contributed by atoms with E-state index in [1.165, 1.54) is 0 Å². The number of rotatable bonds is 6. The van der Waals surface area contributed by atoms with Crippen LogP contribution in [0.25, 0.3) is 11.5 Å². The third-order valence-corrected chi connectivity index (χ3v) is 5.52. The number of nitrogens with zero attached hydrogens (tertiary/aromatic N) is 3. The van der Waals surface area contributed by atoms with Crippen LogP contribution in [0.3, 0.4) is 0 Å². The van der Waals surface area contributed by atoms with Gasteiger partial charge in [-0.2, -0.15) is 4.98 Å². The molecule has 0 radical (unpaired) electrons. The molecule has 3 fully saturated rings. The molecule has 0 saturated carbocycles. The Morgan fingerprint density at radius 3 is 2.85 bits per heavy atom. The summed E-state index contributed by atoms with van der Waals surface area (Å²) in [4.78, 5) is 6.61.